The SMILES string of the molecule is [C-]#[N+]c1ccc(-c2cccc(-n3c4ccc(-c5cccc(C)c5)cc4c4cc(-c5cccc(C)c5)ccc43)c2-c2c([N+]#[C-])cccc2-n2c3ccc(-c4cccc(C)c4)cc3c3cc(-c4cccc(C)c4)ccc32)c(C)c1. The molecule has 0 fully saturated rings. The molecule has 0 aliphatic carbocycles. The summed E-state index contributed by atoms with van der Waals surface area (Å²) in [6.07, 6.45) is 0. The lowest BCUT2D eigenvalue weighted by Crippen LogP contribution is -2.04. The highest BCUT2D eigenvalue weighted by atomic mass is 15.0. The van der Waals surface area contributed by atoms with Crippen molar-refractivity contribution in [1.82, 2.24) is 9.13 Å². The maximum absolute atomic E-state index is 9.06. The highest BCUT2D eigenvalue weighted by Crippen LogP contribution is 2.50. The number of aromatic nitrogens is 2. The van der Waals surface area contributed by atoms with E-state index in [1.165, 1.54) is 44.5 Å². The number of benzene rings is 11. The summed E-state index contributed by atoms with van der Waals surface area (Å²) in [7, 11) is 0. The minimum atomic E-state index is 0.540. The van der Waals surface area contributed by atoms with Crippen LogP contribution >= 0.6 is 0 Å². The summed E-state index contributed by atoms with van der Waals surface area (Å²) in [6, 6.07) is 81.1. The maximum atomic E-state index is 9.06. The quantitative estimate of drug-likeness (QED) is 0.135. The molecule has 0 radical (unpaired) electrons. The molecule has 0 amide bonds. The van der Waals surface area contributed by atoms with Crippen molar-refractivity contribution in [3.8, 4) is 78.1 Å². The first-order valence-electron chi connectivity index (χ1n) is 26.2. The van der Waals surface area contributed by atoms with E-state index >= 15 is 0 Å². The second kappa shape index (κ2) is 18.7. The maximum Gasteiger partial charge on any atom is 0.197 e. The van der Waals surface area contributed by atoms with E-state index in [-0.39, 0.29) is 0 Å². The predicted octanol–water partition coefficient (Wildman–Crippen LogP) is 20.5. The zero-order valence-corrected chi connectivity index (χ0v) is 43.7. The summed E-state index contributed by atoms with van der Waals surface area (Å²) in [4.78, 5) is 8.26. The van der Waals surface area contributed by atoms with Crippen molar-refractivity contribution in [2.24, 2.45) is 0 Å². The fourth-order valence-corrected chi connectivity index (χ4v) is 11.9. The first-order chi connectivity index (χ1) is 37.6. The van der Waals surface area contributed by atoms with Gasteiger partial charge in [-0.3, -0.25) is 0 Å². The predicted molar refractivity (Wildman–Crippen MR) is 324 cm³/mol. The van der Waals surface area contributed by atoms with Crippen molar-refractivity contribution >= 4 is 55.0 Å². The van der Waals surface area contributed by atoms with Gasteiger partial charge in [0.15, 0.2) is 11.4 Å². The molecular weight excluding hydrogens is 933 g/mol. The summed E-state index contributed by atoms with van der Waals surface area (Å²) in [6.45, 7) is 27.7. The van der Waals surface area contributed by atoms with Gasteiger partial charge in [-0.05, 0) is 151 Å². The lowest BCUT2D eigenvalue weighted by molar-refractivity contribution is 1.16. The molecule has 0 aliphatic heterocycles. The smallest absolute Gasteiger partial charge is 0.197 e. The third kappa shape index (κ3) is 8.07. The van der Waals surface area contributed by atoms with Crippen molar-refractivity contribution < 1.29 is 0 Å². The molecule has 4 heteroatoms. The molecule has 77 heavy (non-hydrogen) atoms. The van der Waals surface area contributed by atoms with Gasteiger partial charge in [-0.2, -0.15) is 0 Å². The molecule has 0 saturated carbocycles. The Bertz CT molecular complexity index is 4450. The molecule has 0 bridgehead atoms. The third-order valence-corrected chi connectivity index (χ3v) is 15.5. The molecule has 364 valence electrons. The van der Waals surface area contributed by atoms with Crippen LogP contribution in [-0.4, -0.2) is 9.13 Å². The van der Waals surface area contributed by atoms with Crippen molar-refractivity contribution in [2.75, 3.05) is 0 Å². The molecule has 13 rings (SSSR count). The van der Waals surface area contributed by atoms with Gasteiger partial charge in [0.2, 0.25) is 0 Å². The number of hydrogen-bond donors (Lipinski definition) is 0. The van der Waals surface area contributed by atoms with Crippen molar-refractivity contribution in [3.05, 3.63) is 275 Å². The van der Waals surface area contributed by atoms with E-state index in [1.54, 1.807) is 0 Å². The van der Waals surface area contributed by atoms with E-state index in [2.05, 4.69) is 254 Å². The highest BCUT2D eigenvalue weighted by molar-refractivity contribution is 6.15. The van der Waals surface area contributed by atoms with Crippen LogP contribution in [0.1, 0.15) is 27.8 Å². The Morgan fingerprint density at radius 1 is 0.299 bits per heavy atom. The highest BCUT2D eigenvalue weighted by Gasteiger charge is 2.27. The minimum Gasteiger partial charge on any atom is -0.310 e. The summed E-state index contributed by atoms with van der Waals surface area (Å²) in [5.41, 5.74) is 26.0. The van der Waals surface area contributed by atoms with Crippen LogP contribution in [0.4, 0.5) is 11.4 Å². The van der Waals surface area contributed by atoms with E-state index < -0.39 is 0 Å². The molecule has 2 aromatic heterocycles. The van der Waals surface area contributed by atoms with Gasteiger partial charge < -0.3 is 9.13 Å². The van der Waals surface area contributed by atoms with Gasteiger partial charge in [0.25, 0.3) is 0 Å². The Morgan fingerprint density at radius 3 is 1.03 bits per heavy atom. The van der Waals surface area contributed by atoms with Crippen LogP contribution in [0.25, 0.3) is 131 Å². The van der Waals surface area contributed by atoms with E-state index in [4.69, 9.17) is 13.1 Å². The van der Waals surface area contributed by atoms with Crippen LogP contribution in [0.5, 0.6) is 0 Å². The van der Waals surface area contributed by atoms with Gasteiger partial charge >= 0.3 is 0 Å². The Labute approximate surface area is 449 Å². The average Bonchev–Trinajstić information content (AvgIpc) is 4.06. The molecule has 0 saturated heterocycles. The summed E-state index contributed by atoms with van der Waals surface area (Å²) in [5.74, 6) is 0. The molecule has 13 aromatic rings. The van der Waals surface area contributed by atoms with Gasteiger partial charge in [-0.15, -0.1) is 0 Å². The first-order valence-corrected chi connectivity index (χ1v) is 26.2. The van der Waals surface area contributed by atoms with Gasteiger partial charge in [0, 0.05) is 38.4 Å². The number of fused-ring (bicyclic) bond motifs is 6. The minimum absolute atomic E-state index is 0.540. The Balaban J connectivity index is 1.15. The molecule has 0 N–H and O–H groups in total. The molecule has 2 heterocycles. The fraction of sp³-hybridized carbons (Fsp3) is 0.0685. The summed E-state index contributed by atoms with van der Waals surface area (Å²) in [5, 5.41) is 4.53. The second-order valence-corrected chi connectivity index (χ2v) is 20.7. The molecule has 0 unspecified atom stereocenters. The second-order valence-electron chi connectivity index (χ2n) is 20.7. The van der Waals surface area contributed by atoms with Gasteiger partial charge in [0.05, 0.1) is 40.9 Å². The molecule has 0 spiro atoms. The zero-order chi connectivity index (χ0) is 52.5. The largest absolute Gasteiger partial charge is 0.310 e. The van der Waals surface area contributed by atoms with Gasteiger partial charge in [-0.25, -0.2) is 9.69 Å². The van der Waals surface area contributed by atoms with Crippen LogP contribution < -0.4 is 0 Å². The third-order valence-electron chi connectivity index (χ3n) is 15.5. The standard InChI is InChI=1S/C73H52N4/c1-45-14-8-18-50(36-45)54-26-32-66-61(41-54)62-42-55(51-19-9-15-46(2)37-51)27-33-67(62)76(66)70-24-12-22-60(59-31-30-58(74-6)40-49(59)5)72(70)73-65(75-7)23-13-25-71(73)77-68-34-28-56(52-20-10-16-47(3)38-52)43-63(68)64-44-57(29-35-69(64)77)53-21-11-17-48(4)39-53/h8-44H,1-5H3. The molecule has 0 aliphatic rings. The summed E-state index contributed by atoms with van der Waals surface area (Å²) >= 11 is 0. The number of aryl methyl sites for hydroxylation is 5. The topological polar surface area (TPSA) is 18.6 Å². The lowest BCUT2D eigenvalue weighted by Gasteiger charge is -2.23. The molecule has 4 nitrogen and oxygen atoms in total. The van der Waals surface area contributed by atoms with E-state index in [9.17, 15) is 0 Å². The van der Waals surface area contributed by atoms with E-state index in [0.29, 0.717) is 11.4 Å². The lowest BCUT2D eigenvalue weighted by atomic mass is 9.88. The van der Waals surface area contributed by atoms with Crippen LogP contribution in [0.3, 0.4) is 0 Å². The Hall–Kier alpha value is -10.0. The normalized spacial score (nSPS) is 11.4. The Morgan fingerprint density at radius 2 is 0.662 bits per heavy atom. The van der Waals surface area contributed by atoms with Crippen LogP contribution in [0.2, 0.25) is 0 Å². The number of nitrogens with zero attached hydrogens (tertiary/aromatic N) is 4. The van der Waals surface area contributed by atoms with E-state index in [1.807, 2.05) is 24.3 Å². The fourth-order valence-electron chi connectivity index (χ4n) is 11.9. The molecular formula is C73H52N4. The van der Waals surface area contributed by atoms with Crippen molar-refractivity contribution in [2.45, 2.75) is 34.6 Å². The van der Waals surface area contributed by atoms with Crippen molar-refractivity contribution in [1.29, 1.82) is 0 Å². The van der Waals surface area contributed by atoms with Crippen LogP contribution in [0.15, 0.2) is 224 Å². The zero-order valence-electron chi connectivity index (χ0n) is 43.7. The van der Waals surface area contributed by atoms with Crippen LogP contribution in [-0.2, 0) is 0 Å². The average molecular weight is 985 g/mol. The number of hydrogen-bond acceptors (Lipinski definition) is 0. The molecule has 11 aromatic carbocycles. The monoisotopic (exact) mass is 984 g/mol. The van der Waals surface area contributed by atoms with Gasteiger partial charge in [-0.1, -0.05) is 192 Å². The first kappa shape index (κ1) is 46.8. The number of rotatable bonds is 8. The van der Waals surface area contributed by atoms with Crippen molar-refractivity contribution in [3.63, 3.8) is 0 Å². The Kier molecular flexibility index (Phi) is 11.4. The van der Waals surface area contributed by atoms with Gasteiger partial charge in [0.1, 0.15) is 0 Å². The molecule has 0 atom stereocenters. The summed E-state index contributed by atoms with van der Waals surface area (Å²) < 4.78 is 4.81. The van der Waals surface area contributed by atoms with Crippen LogP contribution in [0, 0.1) is 47.8 Å². The van der Waals surface area contributed by atoms with E-state index in [0.717, 1.165) is 105 Å².